The second-order valence-corrected chi connectivity index (χ2v) is 2.74. The predicted octanol–water partition coefficient (Wildman–Crippen LogP) is 2.73. The highest BCUT2D eigenvalue weighted by Crippen LogP contribution is 2.18. The van der Waals surface area contributed by atoms with Crippen LogP contribution >= 0.6 is 12.4 Å². The molecule has 0 spiro atoms. The Bertz CT molecular complexity index is 281. The number of benzene rings is 1. The van der Waals surface area contributed by atoms with Crippen molar-refractivity contribution < 1.29 is 13.5 Å². The average Bonchev–Trinajstić information content (AvgIpc) is 2.03. The van der Waals surface area contributed by atoms with Crippen molar-refractivity contribution in [2.24, 2.45) is 5.73 Å². The van der Waals surface area contributed by atoms with E-state index >= 15 is 0 Å². The highest BCUT2D eigenvalue weighted by atomic mass is 35.5. The van der Waals surface area contributed by atoms with Crippen molar-refractivity contribution in [2.45, 2.75) is 19.6 Å². The summed E-state index contributed by atoms with van der Waals surface area (Å²) in [7, 11) is 0. The SMILES string of the molecule is CC(N)c1cccc(OC(F)F)c1.Cl. The third kappa shape index (κ3) is 3.89. The molecule has 1 aromatic carbocycles. The summed E-state index contributed by atoms with van der Waals surface area (Å²) >= 11 is 0. The Morgan fingerprint density at radius 2 is 2.00 bits per heavy atom. The number of hydrogen-bond acceptors (Lipinski definition) is 2. The number of hydrogen-bond donors (Lipinski definition) is 1. The Morgan fingerprint density at radius 1 is 1.36 bits per heavy atom. The van der Waals surface area contributed by atoms with Gasteiger partial charge in [-0.2, -0.15) is 8.78 Å². The second kappa shape index (κ2) is 5.78. The van der Waals surface area contributed by atoms with Gasteiger partial charge in [-0.15, -0.1) is 12.4 Å². The summed E-state index contributed by atoms with van der Waals surface area (Å²) in [5.74, 6) is 0.143. The Balaban J connectivity index is 0.00000169. The second-order valence-electron chi connectivity index (χ2n) is 2.74. The van der Waals surface area contributed by atoms with Gasteiger partial charge in [0.2, 0.25) is 0 Å². The molecule has 2 nitrogen and oxygen atoms in total. The lowest BCUT2D eigenvalue weighted by atomic mass is 10.1. The molecule has 2 N–H and O–H groups in total. The van der Waals surface area contributed by atoms with E-state index in [2.05, 4.69) is 4.74 Å². The predicted molar refractivity (Wildman–Crippen MR) is 52.9 cm³/mol. The standard InChI is InChI=1S/C9H11F2NO.ClH/c1-6(12)7-3-2-4-8(5-7)13-9(10)11;/h2-6,9H,12H2,1H3;1H. The van der Waals surface area contributed by atoms with Crippen LogP contribution in [-0.2, 0) is 0 Å². The first-order chi connectivity index (χ1) is 6.09. The van der Waals surface area contributed by atoms with E-state index < -0.39 is 6.61 Å². The molecule has 0 aliphatic rings. The first-order valence-electron chi connectivity index (χ1n) is 3.90. The maximum absolute atomic E-state index is 11.8. The van der Waals surface area contributed by atoms with E-state index in [9.17, 15) is 8.78 Å². The summed E-state index contributed by atoms with van der Waals surface area (Å²) in [6, 6.07) is 6.20. The Morgan fingerprint density at radius 3 is 2.50 bits per heavy atom. The van der Waals surface area contributed by atoms with Crippen molar-refractivity contribution in [3.8, 4) is 5.75 Å². The molecule has 14 heavy (non-hydrogen) atoms. The molecule has 1 rings (SSSR count). The molecule has 0 saturated carbocycles. The van der Waals surface area contributed by atoms with Crippen molar-refractivity contribution in [1.29, 1.82) is 0 Å². The maximum atomic E-state index is 11.8. The van der Waals surface area contributed by atoms with Gasteiger partial charge in [0.25, 0.3) is 0 Å². The third-order valence-electron chi connectivity index (χ3n) is 1.61. The quantitative estimate of drug-likeness (QED) is 0.855. The van der Waals surface area contributed by atoms with Gasteiger partial charge in [-0.1, -0.05) is 12.1 Å². The zero-order valence-electron chi connectivity index (χ0n) is 7.61. The Hall–Kier alpha value is -0.870. The van der Waals surface area contributed by atoms with Gasteiger partial charge < -0.3 is 10.5 Å². The van der Waals surface area contributed by atoms with Crippen LogP contribution in [0.2, 0.25) is 0 Å². The van der Waals surface area contributed by atoms with E-state index in [1.165, 1.54) is 12.1 Å². The summed E-state index contributed by atoms with van der Waals surface area (Å²) in [5.41, 5.74) is 6.35. The first kappa shape index (κ1) is 13.1. The number of alkyl halides is 2. The maximum Gasteiger partial charge on any atom is 0.387 e. The summed E-state index contributed by atoms with van der Waals surface area (Å²) in [5, 5.41) is 0. The average molecular weight is 224 g/mol. The van der Waals surface area contributed by atoms with Gasteiger partial charge in [-0.3, -0.25) is 0 Å². The molecule has 5 heteroatoms. The fraction of sp³-hybridized carbons (Fsp3) is 0.333. The molecule has 0 bridgehead atoms. The van der Waals surface area contributed by atoms with Gasteiger partial charge in [-0.25, -0.2) is 0 Å². The summed E-state index contributed by atoms with van der Waals surface area (Å²) in [4.78, 5) is 0. The van der Waals surface area contributed by atoms with E-state index in [-0.39, 0.29) is 24.2 Å². The molecule has 0 aliphatic heterocycles. The van der Waals surface area contributed by atoms with Crippen LogP contribution in [0.25, 0.3) is 0 Å². The summed E-state index contributed by atoms with van der Waals surface area (Å²) in [6.45, 7) is -1.01. The van der Waals surface area contributed by atoms with Gasteiger partial charge >= 0.3 is 6.61 Å². The van der Waals surface area contributed by atoms with Crippen LogP contribution in [-0.4, -0.2) is 6.61 Å². The van der Waals surface area contributed by atoms with Gasteiger partial charge in [0.05, 0.1) is 0 Å². The zero-order valence-corrected chi connectivity index (χ0v) is 8.43. The lowest BCUT2D eigenvalue weighted by molar-refractivity contribution is -0.0498. The van der Waals surface area contributed by atoms with Crippen LogP contribution in [0.1, 0.15) is 18.5 Å². The van der Waals surface area contributed by atoms with Crippen LogP contribution < -0.4 is 10.5 Å². The smallest absolute Gasteiger partial charge is 0.387 e. The monoisotopic (exact) mass is 223 g/mol. The highest BCUT2D eigenvalue weighted by molar-refractivity contribution is 5.85. The third-order valence-corrected chi connectivity index (χ3v) is 1.61. The Kier molecular flexibility index (Phi) is 5.42. The molecule has 0 aromatic heterocycles. The molecule has 0 heterocycles. The van der Waals surface area contributed by atoms with E-state index in [4.69, 9.17) is 5.73 Å². The normalized spacial score (nSPS) is 12.1. The Labute approximate surface area is 87.5 Å². The zero-order chi connectivity index (χ0) is 9.84. The molecular formula is C9H12ClF2NO. The fourth-order valence-corrected chi connectivity index (χ4v) is 0.974. The fourth-order valence-electron chi connectivity index (χ4n) is 0.974. The van der Waals surface area contributed by atoms with Crippen LogP contribution in [0.4, 0.5) is 8.78 Å². The van der Waals surface area contributed by atoms with Crippen molar-refractivity contribution in [3.05, 3.63) is 29.8 Å². The molecule has 0 aliphatic carbocycles. The van der Waals surface area contributed by atoms with Gasteiger partial charge in [-0.05, 0) is 24.6 Å². The van der Waals surface area contributed by atoms with Crippen LogP contribution in [0.15, 0.2) is 24.3 Å². The number of ether oxygens (including phenoxy) is 1. The molecule has 0 amide bonds. The summed E-state index contributed by atoms with van der Waals surface area (Å²) < 4.78 is 27.8. The van der Waals surface area contributed by atoms with Gasteiger partial charge in [0.1, 0.15) is 5.75 Å². The van der Waals surface area contributed by atoms with E-state index in [1.807, 2.05) is 0 Å². The number of rotatable bonds is 3. The van der Waals surface area contributed by atoms with Crippen molar-refractivity contribution >= 4 is 12.4 Å². The van der Waals surface area contributed by atoms with Crippen LogP contribution in [0, 0.1) is 0 Å². The number of halogens is 3. The topological polar surface area (TPSA) is 35.2 Å². The minimum absolute atomic E-state index is 0. The van der Waals surface area contributed by atoms with Gasteiger partial charge in [0.15, 0.2) is 0 Å². The molecular weight excluding hydrogens is 212 g/mol. The molecule has 1 aromatic rings. The van der Waals surface area contributed by atoms with Crippen molar-refractivity contribution in [2.75, 3.05) is 0 Å². The van der Waals surface area contributed by atoms with Gasteiger partial charge in [0, 0.05) is 6.04 Å². The molecule has 1 atom stereocenters. The molecule has 0 fully saturated rings. The van der Waals surface area contributed by atoms with Crippen molar-refractivity contribution in [3.63, 3.8) is 0 Å². The molecule has 1 unspecified atom stereocenters. The van der Waals surface area contributed by atoms with Crippen LogP contribution in [0.3, 0.4) is 0 Å². The molecule has 0 saturated heterocycles. The minimum atomic E-state index is -2.79. The minimum Gasteiger partial charge on any atom is -0.435 e. The largest absolute Gasteiger partial charge is 0.435 e. The lowest BCUT2D eigenvalue weighted by Gasteiger charge is -2.08. The first-order valence-corrected chi connectivity index (χ1v) is 3.90. The van der Waals surface area contributed by atoms with E-state index in [0.717, 1.165) is 5.56 Å². The van der Waals surface area contributed by atoms with E-state index in [1.54, 1.807) is 19.1 Å². The summed E-state index contributed by atoms with van der Waals surface area (Å²) in [6.07, 6.45) is 0. The van der Waals surface area contributed by atoms with Crippen LogP contribution in [0.5, 0.6) is 5.75 Å². The molecule has 0 radical (unpaired) electrons. The lowest BCUT2D eigenvalue weighted by Crippen LogP contribution is -2.06. The van der Waals surface area contributed by atoms with Crippen molar-refractivity contribution in [1.82, 2.24) is 0 Å². The van der Waals surface area contributed by atoms with E-state index in [0.29, 0.717) is 0 Å². The molecule has 80 valence electrons. The highest BCUT2D eigenvalue weighted by Gasteiger charge is 2.05. The number of nitrogens with two attached hydrogens (primary N) is 1.